The molecule has 0 radical (unpaired) electrons. The number of carboxylic acid groups (broad SMARTS) is 1. The van der Waals surface area contributed by atoms with Gasteiger partial charge < -0.3 is 5.11 Å². The fourth-order valence-corrected chi connectivity index (χ4v) is 2.81. The highest BCUT2D eigenvalue weighted by Crippen LogP contribution is 2.22. The molecule has 0 aliphatic heterocycles. The number of aryl methyl sites for hydroxylation is 2. The second-order valence-corrected chi connectivity index (χ2v) is 5.26. The third-order valence-electron chi connectivity index (χ3n) is 2.87. The zero-order valence-corrected chi connectivity index (χ0v) is 11.8. The highest BCUT2D eigenvalue weighted by molar-refractivity contribution is 7.15. The van der Waals surface area contributed by atoms with Crippen LogP contribution in [0.4, 0.5) is 0 Å². The molecule has 0 bridgehead atoms. The number of aromatic nitrogens is 4. The Balaban J connectivity index is 2.24. The molecule has 3 aromatic rings. The first-order chi connectivity index (χ1) is 9.56. The van der Waals surface area contributed by atoms with Crippen molar-refractivity contribution in [1.29, 1.82) is 0 Å². The Morgan fingerprint density at radius 1 is 1.45 bits per heavy atom. The number of rotatable bonds is 3. The van der Waals surface area contributed by atoms with E-state index >= 15 is 0 Å². The van der Waals surface area contributed by atoms with Crippen molar-refractivity contribution in [3.63, 3.8) is 0 Å². The van der Waals surface area contributed by atoms with E-state index in [1.807, 2.05) is 35.9 Å². The number of hydrogen-bond donors (Lipinski definition) is 1. The molecule has 3 heterocycles. The molecule has 0 aromatic carbocycles. The van der Waals surface area contributed by atoms with Gasteiger partial charge in [0.1, 0.15) is 0 Å². The molecule has 1 N–H and O–H groups in total. The maximum atomic E-state index is 10.8. The average molecular weight is 288 g/mol. The molecule has 0 atom stereocenters. The van der Waals surface area contributed by atoms with Gasteiger partial charge in [0.25, 0.3) is 0 Å². The predicted octanol–water partition coefficient (Wildman–Crippen LogP) is 2.30. The number of thiazole rings is 1. The van der Waals surface area contributed by atoms with Crippen molar-refractivity contribution in [3.8, 4) is 5.82 Å². The van der Waals surface area contributed by atoms with E-state index in [1.165, 1.54) is 11.3 Å². The topological polar surface area (TPSA) is 72.4 Å². The molecule has 102 valence electrons. The van der Waals surface area contributed by atoms with Gasteiger partial charge in [-0.25, -0.2) is 9.48 Å². The van der Waals surface area contributed by atoms with E-state index in [-0.39, 0.29) is 0 Å². The highest BCUT2D eigenvalue weighted by Gasteiger charge is 2.15. The molecule has 0 aliphatic carbocycles. The number of hydrogen-bond acceptors (Lipinski definition) is 4. The van der Waals surface area contributed by atoms with Gasteiger partial charge in [0.2, 0.25) is 0 Å². The summed E-state index contributed by atoms with van der Waals surface area (Å²) in [5.74, 6) is -0.352. The summed E-state index contributed by atoms with van der Waals surface area (Å²) in [6.45, 7) is 3.85. The quantitative estimate of drug-likeness (QED) is 0.751. The van der Waals surface area contributed by atoms with Crippen LogP contribution in [0.1, 0.15) is 17.1 Å². The standard InChI is InChI=1S/C13H12N4O2S/c1-8-7-9(2)17(15-8)12-10(3-4-11(18)19)16-5-6-20-13(16)14-12/h3-7H,1-2H3,(H,18,19)/b4-3+. The van der Waals surface area contributed by atoms with E-state index in [4.69, 9.17) is 5.11 Å². The smallest absolute Gasteiger partial charge is 0.328 e. The molecule has 0 saturated heterocycles. The maximum Gasteiger partial charge on any atom is 0.328 e. The van der Waals surface area contributed by atoms with Gasteiger partial charge in [0.15, 0.2) is 10.8 Å². The lowest BCUT2D eigenvalue weighted by atomic mass is 10.3. The molecular weight excluding hydrogens is 276 g/mol. The van der Waals surface area contributed by atoms with Crippen molar-refractivity contribution in [2.45, 2.75) is 13.8 Å². The van der Waals surface area contributed by atoms with Gasteiger partial charge >= 0.3 is 5.97 Å². The van der Waals surface area contributed by atoms with Gasteiger partial charge in [0.05, 0.1) is 11.4 Å². The van der Waals surface area contributed by atoms with E-state index in [0.29, 0.717) is 11.5 Å². The summed E-state index contributed by atoms with van der Waals surface area (Å²) in [5, 5.41) is 15.1. The van der Waals surface area contributed by atoms with Crippen LogP contribution < -0.4 is 0 Å². The van der Waals surface area contributed by atoms with Crippen LogP contribution in [-0.4, -0.2) is 30.2 Å². The first-order valence-corrected chi connectivity index (χ1v) is 6.84. The first-order valence-electron chi connectivity index (χ1n) is 5.96. The van der Waals surface area contributed by atoms with Gasteiger partial charge in [-0.2, -0.15) is 10.1 Å². The SMILES string of the molecule is Cc1cc(C)n(-c2nc3sccn3c2/C=C/C(=O)O)n1. The van der Waals surface area contributed by atoms with Crippen LogP contribution in [0.15, 0.2) is 23.7 Å². The van der Waals surface area contributed by atoms with Gasteiger partial charge in [-0.05, 0) is 26.0 Å². The Morgan fingerprint density at radius 2 is 2.25 bits per heavy atom. The summed E-state index contributed by atoms with van der Waals surface area (Å²) >= 11 is 1.49. The zero-order chi connectivity index (χ0) is 14.3. The lowest BCUT2D eigenvalue weighted by molar-refractivity contribution is -0.131. The van der Waals surface area contributed by atoms with Crippen molar-refractivity contribution in [1.82, 2.24) is 19.2 Å². The molecule has 3 rings (SSSR count). The minimum absolute atomic E-state index is 0.639. The summed E-state index contributed by atoms with van der Waals surface area (Å²) in [6, 6.07) is 1.96. The Hall–Kier alpha value is -2.41. The largest absolute Gasteiger partial charge is 0.478 e. The minimum Gasteiger partial charge on any atom is -0.478 e. The number of carbonyl (C=O) groups is 1. The summed E-state index contributed by atoms with van der Waals surface area (Å²) in [5.41, 5.74) is 2.56. The summed E-state index contributed by atoms with van der Waals surface area (Å²) in [7, 11) is 0. The van der Waals surface area contributed by atoms with E-state index in [2.05, 4.69) is 10.1 Å². The van der Waals surface area contributed by atoms with Crippen LogP contribution in [0, 0.1) is 13.8 Å². The van der Waals surface area contributed by atoms with Crippen LogP contribution >= 0.6 is 11.3 Å². The number of imidazole rings is 1. The second-order valence-electron chi connectivity index (χ2n) is 4.39. The summed E-state index contributed by atoms with van der Waals surface area (Å²) in [6.07, 6.45) is 4.51. The Bertz CT molecular complexity index is 825. The second kappa shape index (κ2) is 4.61. The number of carboxylic acids is 1. The van der Waals surface area contributed by atoms with Crippen LogP contribution in [0.25, 0.3) is 16.9 Å². The molecular formula is C13H12N4O2S. The molecule has 0 aliphatic rings. The normalized spacial score (nSPS) is 11.7. The molecule has 6 nitrogen and oxygen atoms in total. The molecule has 0 unspecified atom stereocenters. The van der Waals surface area contributed by atoms with Crippen molar-refractivity contribution in [3.05, 3.63) is 40.8 Å². The van der Waals surface area contributed by atoms with Gasteiger partial charge in [-0.1, -0.05) is 0 Å². The lowest BCUT2D eigenvalue weighted by Crippen LogP contribution is -2.02. The van der Waals surface area contributed by atoms with Crippen LogP contribution in [-0.2, 0) is 4.79 Å². The Kier molecular flexibility index (Phi) is 2.90. The number of nitrogens with zero attached hydrogens (tertiary/aromatic N) is 4. The number of aliphatic carboxylic acids is 1. The number of fused-ring (bicyclic) bond motifs is 1. The van der Waals surface area contributed by atoms with Crippen molar-refractivity contribution < 1.29 is 9.90 Å². The van der Waals surface area contributed by atoms with Crippen LogP contribution in [0.5, 0.6) is 0 Å². The van der Waals surface area contributed by atoms with Crippen LogP contribution in [0.2, 0.25) is 0 Å². The summed E-state index contributed by atoms with van der Waals surface area (Å²) in [4.78, 5) is 16.1. The van der Waals surface area contributed by atoms with Gasteiger partial charge in [0, 0.05) is 23.3 Å². The zero-order valence-electron chi connectivity index (χ0n) is 10.9. The lowest BCUT2D eigenvalue weighted by Gasteiger charge is -2.01. The van der Waals surface area contributed by atoms with Crippen LogP contribution in [0.3, 0.4) is 0 Å². The third-order valence-corrected chi connectivity index (χ3v) is 3.63. The fraction of sp³-hybridized carbons (Fsp3) is 0.154. The minimum atomic E-state index is -0.991. The molecule has 0 spiro atoms. The van der Waals surface area contributed by atoms with E-state index in [0.717, 1.165) is 22.4 Å². The fourth-order valence-electron chi connectivity index (χ4n) is 2.10. The maximum absolute atomic E-state index is 10.8. The highest BCUT2D eigenvalue weighted by atomic mass is 32.1. The predicted molar refractivity (Wildman–Crippen MR) is 76.3 cm³/mol. The summed E-state index contributed by atoms with van der Waals surface area (Å²) < 4.78 is 3.59. The van der Waals surface area contributed by atoms with Gasteiger partial charge in [-0.15, -0.1) is 11.3 Å². The molecule has 7 heteroatoms. The first kappa shape index (κ1) is 12.6. The average Bonchev–Trinajstić information content (AvgIpc) is 3.00. The molecule has 3 aromatic heterocycles. The van der Waals surface area contributed by atoms with Crippen molar-refractivity contribution in [2.75, 3.05) is 0 Å². The van der Waals surface area contributed by atoms with Crippen molar-refractivity contribution >= 4 is 28.3 Å². The van der Waals surface area contributed by atoms with Crippen molar-refractivity contribution in [2.24, 2.45) is 0 Å². The molecule has 0 amide bonds. The van der Waals surface area contributed by atoms with Gasteiger partial charge in [-0.3, -0.25) is 4.40 Å². The van der Waals surface area contributed by atoms with E-state index in [1.54, 1.807) is 10.8 Å². The third kappa shape index (κ3) is 2.01. The molecule has 20 heavy (non-hydrogen) atoms. The Morgan fingerprint density at radius 3 is 2.90 bits per heavy atom. The monoisotopic (exact) mass is 288 g/mol. The molecule has 0 saturated carbocycles. The van der Waals surface area contributed by atoms with E-state index in [9.17, 15) is 4.79 Å². The Labute approximate surface area is 118 Å². The molecule has 0 fully saturated rings. The van der Waals surface area contributed by atoms with E-state index < -0.39 is 5.97 Å².